The van der Waals surface area contributed by atoms with Crippen LogP contribution in [0.1, 0.15) is 25.7 Å². The van der Waals surface area contributed by atoms with E-state index in [4.69, 9.17) is 18.5 Å². The molecular formula is C18H35O14PS. The van der Waals surface area contributed by atoms with E-state index in [0.717, 1.165) is 12.8 Å². The monoisotopic (exact) mass is 538 g/mol. The summed E-state index contributed by atoms with van der Waals surface area (Å²) in [4.78, 5) is 10.1. The second-order valence-corrected chi connectivity index (χ2v) is 10.1. The predicted molar refractivity (Wildman–Crippen MR) is 116 cm³/mol. The number of phosphoric ester groups is 1. The predicted octanol–water partition coefficient (Wildman–Crippen LogP) is -3.38. The standard InChI is InChI=1S/C18H35O14PS/c19-7-8-9(20)10(21)15(26)18(30-8)31-16-13(24)11(22)12(23)14(25)17(16)32-33(27,28)29-5-3-1-2-4-6-34/h8-26,34H,1-7H2,(H,27,28)/t8?,9-,10+,11+,12?,13?,14?,15?,16+,17+,18-/m1/s1. The molecule has 1 saturated carbocycles. The van der Waals surface area contributed by atoms with Gasteiger partial charge < -0.3 is 55.2 Å². The Morgan fingerprint density at radius 2 is 1.32 bits per heavy atom. The summed E-state index contributed by atoms with van der Waals surface area (Å²) in [7, 11) is -4.86. The SMILES string of the molecule is O=P(O)(OCCCCCCS)O[C@H]1C(O)C(O)[C@H](O)C(O)[C@@H]1O[C@H]1OC(CO)[C@@H](O)[C@H](O)C1O. The third-order valence-electron chi connectivity index (χ3n) is 5.75. The fourth-order valence-corrected chi connectivity index (χ4v) is 4.92. The van der Waals surface area contributed by atoms with Crippen LogP contribution in [0.15, 0.2) is 0 Å². The van der Waals surface area contributed by atoms with Crippen LogP contribution in [0.4, 0.5) is 0 Å². The highest BCUT2D eigenvalue weighted by molar-refractivity contribution is 7.80. The molecular weight excluding hydrogens is 503 g/mol. The fraction of sp³-hybridized carbons (Fsp3) is 1.00. The molecule has 0 amide bonds. The molecule has 12 atom stereocenters. The van der Waals surface area contributed by atoms with Crippen LogP contribution in [-0.2, 0) is 23.1 Å². The van der Waals surface area contributed by atoms with Crippen LogP contribution in [-0.4, -0.2) is 132 Å². The van der Waals surface area contributed by atoms with Crippen LogP contribution in [0.5, 0.6) is 0 Å². The largest absolute Gasteiger partial charge is 0.472 e. The molecule has 9 N–H and O–H groups in total. The zero-order valence-electron chi connectivity index (χ0n) is 18.3. The number of aliphatic hydroxyl groups excluding tert-OH is 8. The molecule has 0 aromatic carbocycles. The smallest absolute Gasteiger partial charge is 0.394 e. The molecule has 1 aliphatic heterocycles. The molecule has 1 heterocycles. The van der Waals surface area contributed by atoms with E-state index in [-0.39, 0.29) is 6.61 Å². The van der Waals surface area contributed by atoms with Gasteiger partial charge in [0.1, 0.15) is 61.0 Å². The molecule has 202 valence electrons. The minimum absolute atomic E-state index is 0.171. The fourth-order valence-electron chi connectivity index (χ4n) is 3.73. The van der Waals surface area contributed by atoms with Crippen molar-refractivity contribution in [2.75, 3.05) is 19.0 Å². The van der Waals surface area contributed by atoms with Crippen LogP contribution in [0.2, 0.25) is 0 Å². The lowest BCUT2D eigenvalue weighted by atomic mass is 9.84. The highest BCUT2D eigenvalue weighted by Crippen LogP contribution is 2.47. The van der Waals surface area contributed by atoms with Crippen LogP contribution >= 0.6 is 20.5 Å². The Morgan fingerprint density at radius 1 is 0.765 bits per heavy atom. The Labute approximate surface area is 201 Å². The van der Waals surface area contributed by atoms with Crippen molar-refractivity contribution in [3.05, 3.63) is 0 Å². The Bertz CT molecular complexity index is 658. The van der Waals surface area contributed by atoms with Gasteiger partial charge in [-0.05, 0) is 18.6 Å². The Balaban J connectivity index is 2.13. The van der Waals surface area contributed by atoms with Crippen LogP contribution in [0, 0.1) is 0 Å². The van der Waals surface area contributed by atoms with Gasteiger partial charge in [0, 0.05) is 0 Å². The summed E-state index contributed by atoms with van der Waals surface area (Å²) in [6, 6.07) is 0. The topological polar surface area (TPSA) is 236 Å². The van der Waals surface area contributed by atoms with Crippen molar-refractivity contribution in [1.29, 1.82) is 0 Å². The van der Waals surface area contributed by atoms with Gasteiger partial charge >= 0.3 is 7.82 Å². The van der Waals surface area contributed by atoms with Crippen molar-refractivity contribution in [3.8, 4) is 0 Å². The summed E-state index contributed by atoms with van der Waals surface area (Å²) in [5.41, 5.74) is 0. The zero-order chi connectivity index (χ0) is 25.6. The van der Waals surface area contributed by atoms with Crippen molar-refractivity contribution < 1.29 is 68.8 Å². The van der Waals surface area contributed by atoms with Crippen molar-refractivity contribution in [3.63, 3.8) is 0 Å². The van der Waals surface area contributed by atoms with E-state index >= 15 is 0 Å². The molecule has 16 heteroatoms. The first-order valence-electron chi connectivity index (χ1n) is 10.9. The molecule has 0 bridgehead atoms. The van der Waals surface area contributed by atoms with E-state index in [1.165, 1.54) is 0 Å². The Morgan fingerprint density at radius 3 is 1.91 bits per heavy atom. The number of unbranched alkanes of at least 4 members (excludes halogenated alkanes) is 3. The number of phosphoric acid groups is 1. The van der Waals surface area contributed by atoms with Gasteiger partial charge in [-0.1, -0.05) is 12.8 Å². The van der Waals surface area contributed by atoms with Crippen molar-refractivity contribution in [2.45, 2.75) is 93.0 Å². The van der Waals surface area contributed by atoms with Crippen molar-refractivity contribution in [1.82, 2.24) is 0 Å². The summed E-state index contributed by atoms with van der Waals surface area (Å²) in [5.74, 6) is 0.703. The van der Waals surface area contributed by atoms with E-state index in [1.54, 1.807) is 0 Å². The number of aliphatic hydroxyl groups is 8. The minimum atomic E-state index is -4.86. The summed E-state index contributed by atoms with van der Waals surface area (Å²) in [6.07, 6.45) is -17.8. The lowest BCUT2D eigenvalue weighted by molar-refractivity contribution is -0.338. The molecule has 14 nitrogen and oxygen atoms in total. The summed E-state index contributed by atoms with van der Waals surface area (Å²) in [6.45, 7) is -0.954. The highest BCUT2D eigenvalue weighted by atomic mass is 32.1. The average Bonchev–Trinajstić information content (AvgIpc) is 2.80. The number of thiol groups is 1. The highest BCUT2D eigenvalue weighted by Gasteiger charge is 2.55. The van der Waals surface area contributed by atoms with Crippen LogP contribution in [0.25, 0.3) is 0 Å². The van der Waals surface area contributed by atoms with E-state index in [1.807, 2.05) is 0 Å². The molecule has 34 heavy (non-hydrogen) atoms. The summed E-state index contributed by atoms with van der Waals surface area (Å²) in [5, 5.41) is 80.1. The van der Waals surface area contributed by atoms with Gasteiger partial charge in [0.2, 0.25) is 0 Å². The Hall–Kier alpha value is 0.0600. The molecule has 0 spiro atoms. The first-order valence-corrected chi connectivity index (χ1v) is 13.0. The maximum absolute atomic E-state index is 12.4. The van der Waals surface area contributed by atoms with Gasteiger partial charge in [-0.3, -0.25) is 9.05 Å². The molecule has 2 fully saturated rings. The minimum Gasteiger partial charge on any atom is -0.394 e. The van der Waals surface area contributed by atoms with E-state index in [9.17, 15) is 50.3 Å². The zero-order valence-corrected chi connectivity index (χ0v) is 20.1. The van der Waals surface area contributed by atoms with Gasteiger partial charge in [0.05, 0.1) is 13.2 Å². The van der Waals surface area contributed by atoms with Gasteiger partial charge in [0.15, 0.2) is 6.29 Å². The lowest BCUT2D eigenvalue weighted by Gasteiger charge is -2.47. The molecule has 1 saturated heterocycles. The van der Waals surface area contributed by atoms with E-state index < -0.39 is 81.8 Å². The first-order chi connectivity index (χ1) is 15.9. The van der Waals surface area contributed by atoms with Gasteiger partial charge in [0.25, 0.3) is 0 Å². The third-order valence-corrected chi connectivity index (χ3v) is 7.08. The third kappa shape index (κ3) is 7.54. The van der Waals surface area contributed by atoms with E-state index in [0.29, 0.717) is 18.6 Å². The number of rotatable bonds is 12. The summed E-state index contributed by atoms with van der Waals surface area (Å²) >= 11 is 4.08. The maximum Gasteiger partial charge on any atom is 0.472 e. The van der Waals surface area contributed by atoms with Gasteiger partial charge in [-0.2, -0.15) is 12.6 Å². The Kier molecular flexibility index (Phi) is 12.1. The molecule has 0 radical (unpaired) electrons. The first kappa shape index (κ1) is 30.3. The normalized spacial score (nSPS) is 42.9. The van der Waals surface area contributed by atoms with Crippen LogP contribution in [0.3, 0.4) is 0 Å². The molecule has 6 unspecified atom stereocenters. The van der Waals surface area contributed by atoms with Gasteiger partial charge in [-0.15, -0.1) is 0 Å². The molecule has 1 aliphatic carbocycles. The van der Waals surface area contributed by atoms with Crippen LogP contribution < -0.4 is 0 Å². The summed E-state index contributed by atoms with van der Waals surface area (Å²) < 4.78 is 32.8. The van der Waals surface area contributed by atoms with Crippen molar-refractivity contribution >= 4 is 20.5 Å². The number of hydrogen-bond acceptors (Lipinski definition) is 14. The molecule has 2 rings (SSSR count). The maximum atomic E-state index is 12.4. The van der Waals surface area contributed by atoms with E-state index in [2.05, 4.69) is 12.6 Å². The molecule has 2 aliphatic rings. The second-order valence-electron chi connectivity index (χ2n) is 8.27. The number of hydrogen-bond donors (Lipinski definition) is 10. The van der Waals surface area contributed by atoms with Gasteiger partial charge in [-0.25, -0.2) is 4.57 Å². The quantitative estimate of drug-likeness (QED) is 0.0663. The average molecular weight is 539 g/mol. The number of ether oxygens (including phenoxy) is 2. The second kappa shape index (κ2) is 13.6. The molecule has 0 aromatic heterocycles. The molecule has 0 aromatic rings. The van der Waals surface area contributed by atoms with Crippen molar-refractivity contribution in [2.24, 2.45) is 0 Å². The lowest BCUT2D eigenvalue weighted by Crippen LogP contribution is -2.67.